The molecule has 1 nitrogen and oxygen atoms in total. The normalized spacial score (nSPS) is 21.6. The molecule has 1 unspecified atom stereocenters. The SMILES string of the molecule is NC1(Cc2cc(F)ccc2Cl)CCCc2ccccc21. The van der Waals surface area contributed by atoms with Crippen LogP contribution in [0.4, 0.5) is 4.39 Å². The molecule has 0 aliphatic heterocycles. The molecule has 104 valence electrons. The second-order valence-electron chi connectivity index (χ2n) is 5.58. The van der Waals surface area contributed by atoms with Crippen molar-refractivity contribution in [2.45, 2.75) is 31.2 Å². The molecule has 0 radical (unpaired) electrons. The Bertz CT molecular complexity index is 641. The molecule has 3 rings (SSSR count). The minimum atomic E-state index is -0.452. The van der Waals surface area contributed by atoms with E-state index >= 15 is 0 Å². The molecule has 2 aromatic carbocycles. The molecule has 0 saturated carbocycles. The first kappa shape index (κ1) is 13.6. The lowest BCUT2D eigenvalue weighted by Gasteiger charge is -2.36. The standard InChI is InChI=1S/C17H17ClFN/c18-16-8-7-14(19)10-13(16)11-17(20)9-3-5-12-4-1-2-6-15(12)17/h1-2,4,6-8,10H,3,5,9,11,20H2. The fourth-order valence-corrected chi connectivity index (χ4v) is 3.34. The van der Waals surface area contributed by atoms with E-state index < -0.39 is 5.54 Å². The molecule has 0 heterocycles. The number of hydrogen-bond donors (Lipinski definition) is 1. The number of hydrogen-bond acceptors (Lipinski definition) is 1. The zero-order chi connectivity index (χ0) is 14.2. The first-order valence-electron chi connectivity index (χ1n) is 6.90. The highest BCUT2D eigenvalue weighted by molar-refractivity contribution is 6.31. The zero-order valence-electron chi connectivity index (χ0n) is 11.2. The van der Waals surface area contributed by atoms with Gasteiger partial charge in [-0.15, -0.1) is 0 Å². The Labute approximate surface area is 123 Å². The lowest BCUT2D eigenvalue weighted by atomic mass is 9.74. The van der Waals surface area contributed by atoms with Crippen LogP contribution in [-0.2, 0) is 18.4 Å². The van der Waals surface area contributed by atoms with E-state index in [0.29, 0.717) is 11.4 Å². The van der Waals surface area contributed by atoms with Crippen molar-refractivity contribution in [2.24, 2.45) is 5.73 Å². The Hall–Kier alpha value is -1.38. The van der Waals surface area contributed by atoms with Crippen LogP contribution in [0.25, 0.3) is 0 Å². The maximum Gasteiger partial charge on any atom is 0.123 e. The van der Waals surface area contributed by atoms with Crippen LogP contribution in [0.1, 0.15) is 29.5 Å². The lowest BCUT2D eigenvalue weighted by molar-refractivity contribution is 0.369. The summed E-state index contributed by atoms with van der Waals surface area (Å²) in [6, 6.07) is 12.7. The van der Waals surface area contributed by atoms with Gasteiger partial charge in [0.15, 0.2) is 0 Å². The number of halogens is 2. The van der Waals surface area contributed by atoms with E-state index in [9.17, 15) is 4.39 Å². The molecule has 1 aliphatic rings. The molecule has 20 heavy (non-hydrogen) atoms. The van der Waals surface area contributed by atoms with Crippen molar-refractivity contribution < 1.29 is 4.39 Å². The van der Waals surface area contributed by atoms with E-state index in [1.165, 1.54) is 23.3 Å². The van der Waals surface area contributed by atoms with E-state index in [4.69, 9.17) is 17.3 Å². The lowest BCUT2D eigenvalue weighted by Crippen LogP contribution is -2.42. The Morgan fingerprint density at radius 2 is 2.00 bits per heavy atom. The largest absolute Gasteiger partial charge is 0.321 e. The summed E-state index contributed by atoms with van der Waals surface area (Å²) in [5, 5.41) is 0.583. The van der Waals surface area contributed by atoms with Crippen molar-refractivity contribution in [1.29, 1.82) is 0 Å². The maximum absolute atomic E-state index is 13.4. The van der Waals surface area contributed by atoms with Crippen LogP contribution in [0.15, 0.2) is 42.5 Å². The van der Waals surface area contributed by atoms with Gasteiger partial charge in [-0.25, -0.2) is 4.39 Å². The van der Waals surface area contributed by atoms with Crippen LogP contribution in [0.5, 0.6) is 0 Å². The third kappa shape index (κ3) is 2.46. The van der Waals surface area contributed by atoms with Gasteiger partial charge in [-0.05, 0) is 60.6 Å². The van der Waals surface area contributed by atoms with E-state index in [2.05, 4.69) is 12.1 Å². The summed E-state index contributed by atoms with van der Waals surface area (Å²) in [5.41, 5.74) is 9.44. The van der Waals surface area contributed by atoms with Gasteiger partial charge >= 0.3 is 0 Å². The molecule has 1 aliphatic carbocycles. The Morgan fingerprint density at radius 3 is 2.85 bits per heavy atom. The molecular weight excluding hydrogens is 273 g/mol. The van der Waals surface area contributed by atoms with Crippen LogP contribution in [0, 0.1) is 5.82 Å². The molecule has 0 aromatic heterocycles. The van der Waals surface area contributed by atoms with Gasteiger partial charge in [-0.1, -0.05) is 35.9 Å². The molecule has 2 aromatic rings. The highest BCUT2D eigenvalue weighted by Crippen LogP contribution is 2.37. The first-order valence-corrected chi connectivity index (χ1v) is 7.27. The minimum absolute atomic E-state index is 0.267. The smallest absolute Gasteiger partial charge is 0.123 e. The van der Waals surface area contributed by atoms with Crippen molar-refractivity contribution in [1.82, 2.24) is 0 Å². The van der Waals surface area contributed by atoms with Gasteiger partial charge in [0.1, 0.15) is 5.82 Å². The van der Waals surface area contributed by atoms with E-state index in [1.54, 1.807) is 6.07 Å². The van der Waals surface area contributed by atoms with Gasteiger partial charge in [-0.2, -0.15) is 0 Å². The predicted octanol–water partition coefficient (Wildman–Crippen LogP) is 4.21. The van der Waals surface area contributed by atoms with Crippen LogP contribution < -0.4 is 5.73 Å². The molecule has 0 saturated heterocycles. The number of aryl methyl sites for hydroxylation is 1. The third-order valence-electron chi connectivity index (χ3n) is 4.14. The average Bonchev–Trinajstić information content (AvgIpc) is 2.43. The monoisotopic (exact) mass is 289 g/mol. The quantitative estimate of drug-likeness (QED) is 0.880. The van der Waals surface area contributed by atoms with Gasteiger partial charge in [0.05, 0.1) is 0 Å². The fraction of sp³-hybridized carbons (Fsp3) is 0.294. The van der Waals surface area contributed by atoms with Gasteiger partial charge in [0, 0.05) is 10.6 Å². The molecule has 0 amide bonds. The summed E-state index contributed by atoms with van der Waals surface area (Å²) in [7, 11) is 0. The topological polar surface area (TPSA) is 26.0 Å². The van der Waals surface area contributed by atoms with Crippen molar-refractivity contribution in [3.8, 4) is 0 Å². The number of fused-ring (bicyclic) bond motifs is 1. The zero-order valence-corrected chi connectivity index (χ0v) is 12.0. The minimum Gasteiger partial charge on any atom is -0.321 e. The highest BCUT2D eigenvalue weighted by Gasteiger charge is 2.33. The Morgan fingerprint density at radius 1 is 1.20 bits per heavy atom. The summed E-state index contributed by atoms with van der Waals surface area (Å²) >= 11 is 6.18. The van der Waals surface area contributed by atoms with Crippen molar-refractivity contribution in [2.75, 3.05) is 0 Å². The summed E-state index contributed by atoms with van der Waals surface area (Å²) in [6.07, 6.45) is 3.59. The van der Waals surface area contributed by atoms with E-state index in [0.717, 1.165) is 24.8 Å². The molecule has 1 atom stereocenters. The molecule has 2 N–H and O–H groups in total. The Kier molecular flexibility index (Phi) is 3.53. The van der Waals surface area contributed by atoms with Gasteiger partial charge in [0.25, 0.3) is 0 Å². The molecule has 0 fully saturated rings. The van der Waals surface area contributed by atoms with Gasteiger partial charge < -0.3 is 5.73 Å². The summed E-state index contributed by atoms with van der Waals surface area (Å²) in [4.78, 5) is 0. The third-order valence-corrected chi connectivity index (χ3v) is 4.51. The average molecular weight is 290 g/mol. The molecule has 0 bridgehead atoms. The maximum atomic E-state index is 13.4. The fourth-order valence-electron chi connectivity index (χ4n) is 3.16. The number of benzene rings is 2. The van der Waals surface area contributed by atoms with Gasteiger partial charge in [-0.3, -0.25) is 0 Å². The summed E-state index contributed by atoms with van der Waals surface area (Å²) in [6.45, 7) is 0. The van der Waals surface area contributed by atoms with Crippen molar-refractivity contribution in [3.05, 3.63) is 70.0 Å². The van der Waals surface area contributed by atoms with E-state index in [-0.39, 0.29) is 5.82 Å². The van der Waals surface area contributed by atoms with Crippen molar-refractivity contribution in [3.63, 3.8) is 0 Å². The number of rotatable bonds is 2. The molecular formula is C17H17ClFN. The molecule has 0 spiro atoms. The van der Waals surface area contributed by atoms with Crippen LogP contribution in [-0.4, -0.2) is 0 Å². The molecule has 3 heteroatoms. The number of nitrogens with two attached hydrogens (primary N) is 1. The van der Waals surface area contributed by atoms with E-state index in [1.807, 2.05) is 12.1 Å². The van der Waals surface area contributed by atoms with Crippen LogP contribution >= 0.6 is 11.6 Å². The van der Waals surface area contributed by atoms with Crippen LogP contribution in [0.3, 0.4) is 0 Å². The van der Waals surface area contributed by atoms with Crippen molar-refractivity contribution >= 4 is 11.6 Å². The second-order valence-corrected chi connectivity index (χ2v) is 5.99. The summed E-state index contributed by atoms with van der Waals surface area (Å²) in [5.74, 6) is -0.267. The highest BCUT2D eigenvalue weighted by atomic mass is 35.5. The summed E-state index contributed by atoms with van der Waals surface area (Å²) < 4.78 is 13.4. The predicted molar refractivity (Wildman–Crippen MR) is 80.4 cm³/mol. The Balaban J connectivity index is 2.00. The second kappa shape index (κ2) is 5.19. The van der Waals surface area contributed by atoms with Gasteiger partial charge in [0.2, 0.25) is 0 Å². The first-order chi connectivity index (χ1) is 9.58. The van der Waals surface area contributed by atoms with Crippen LogP contribution in [0.2, 0.25) is 5.02 Å².